The molecule has 0 saturated carbocycles. The first kappa shape index (κ1) is 14.1. The molecule has 1 rings (SSSR count). The fraction of sp³-hybridized carbons (Fsp3) is 0.455. The van der Waals surface area contributed by atoms with Crippen molar-refractivity contribution in [2.24, 2.45) is 0 Å². The highest BCUT2D eigenvalue weighted by molar-refractivity contribution is 7.99. The molecule has 0 aliphatic carbocycles. The molecule has 5 heteroatoms. The Morgan fingerprint density at radius 2 is 2.12 bits per heavy atom. The summed E-state index contributed by atoms with van der Waals surface area (Å²) >= 11 is 13.4. The van der Waals surface area contributed by atoms with Crippen LogP contribution in [0.2, 0.25) is 10.0 Å². The van der Waals surface area contributed by atoms with E-state index in [-0.39, 0.29) is 12.6 Å². The van der Waals surface area contributed by atoms with Crippen LogP contribution in [0.1, 0.15) is 6.42 Å². The fourth-order valence-electron chi connectivity index (χ4n) is 1.21. The quantitative estimate of drug-likeness (QED) is 0.785. The Kier molecular flexibility index (Phi) is 6.54. The lowest BCUT2D eigenvalue weighted by Gasteiger charge is -2.12. The molecule has 0 spiro atoms. The minimum atomic E-state index is 0.162. The number of aliphatic hydroxyl groups excluding tert-OH is 1. The van der Waals surface area contributed by atoms with Crippen LogP contribution in [-0.4, -0.2) is 30.6 Å². The van der Waals surface area contributed by atoms with E-state index in [2.05, 4.69) is 5.32 Å². The summed E-state index contributed by atoms with van der Waals surface area (Å²) in [5.41, 5.74) is 0. The number of nitrogens with one attached hydrogen (secondary N) is 1. The van der Waals surface area contributed by atoms with Crippen LogP contribution in [0.3, 0.4) is 0 Å². The zero-order chi connectivity index (χ0) is 12.0. The molecule has 0 aromatic heterocycles. The van der Waals surface area contributed by atoms with Gasteiger partial charge in [-0.05, 0) is 37.4 Å². The molecule has 0 aliphatic rings. The van der Waals surface area contributed by atoms with Crippen molar-refractivity contribution in [1.29, 1.82) is 0 Å². The number of rotatable bonds is 6. The van der Waals surface area contributed by atoms with Gasteiger partial charge < -0.3 is 10.4 Å². The van der Waals surface area contributed by atoms with E-state index < -0.39 is 0 Å². The minimum Gasteiger partial charge on any atom is -0.395 e. The molecule has 1 unspecified atom stereocenters. The van der Waals surface area contributed by atoms with Gasteiger partial charge in [-0.1, -0.05) is 23.2 Å². The van der Waals surface area contributed by atoms with Crippen molar-refractivity contribution < 1.29 is 5.11 Å². The second kappa shape index (κ2) is 7.41. The topological polar surface area (TPSA) is 32.3 Å². The zero-order valence-corrected chi connectivity index (χ0v) is 11.4. The molecular weight excluding hydrogens is 265 g/mol. The number of hydrogen-bond donors (Lipinski definition) is 2. The molecule has 0 fully saturated rings. The first-order chi connectivity index (χ1) is 7.67. The molecule has 1 aromatic rings. The fourth-order valence-corrected chi connectivity index (χ4v) is 2.58. The van der Waals surface area contributed by atoms with E-state index >= 15 is 0 Å². The van der Waals surface area contributed by atoms with Gasteiger partial charge in [-0.25, -0.2) is 0 Å². The smallest absolute Gasteiger partial charge is 0.0603 e. The summed E-state index contributed by atoms with van der Waals surface area (Å²) < 4.78 is 0. The molecular formula is C11H15Cl2NOS. The van der Waals surface area contributed by atoms with Crippen LogP contribution in [0, 0.1) is 0 Å². The van der Waals surface area contributed by atoms with Gasteiger partial charge in [-0.15, -0.1) is 11.8 Å². The van der Waals surface area contributed by atoms with Crippen LogP contribution in [0.4, 0.5) is 0 Å². The average molecular weight is 280 g/mol. The van der Waals surface area contributed by atoms with Crippen LogP contribution >= 0.6 is 35.0 Å². The van der Waals surface area contributed by atoms with Crippen LogP contribution in [-0.2, 0) is 0 Å². The number of aliphatic hydroxyl groups is 1. The third kappa shape index (κ3) is 4.52. The molecule has 2 N–H and O–H groups in total. The SMILES string of the molecule is CNC(CO)CCSc1ccc(Cl)c(Cl)c1. The molecule has 0 heterocycles. The van der Waals surface area contributed by atoms with E-state index in [1.54, 1.807) is 17.8 Å². The molecule has 0 aliphatic heterocycles. The van der Waals surface area contributed by atoms with E-state index in [9.17, 15) is 0 Å². The molecule has 1 atom stereocenters. The summed E-state index contributed by atoms with van der Waals surface area (Å²) in [6, 6.07) is 5.78. The molecule has 1 aromatic carbocycles. The summed E-state index contributed by atoms with van der Waals surface area (Å²) in [4.78, 5) is 1.10. The van der Waals surface area contributed by atoms with Gasteiger partial charge in [-0.2, -0.15) is 0 Å². The van der Waals surface area contributed by atoms with Gasteiger partial charge in [0, 0.05) is 10.9 Å². The maximum absolute atomic E-state index is 8.99. The Hall–Kier alpha value is 0.0700. The number of hydrogen-bond acceptors (Lipinski definition) is 3. The van der Waals surface area contributed by atoms with Gasteiger partial charge in [0.25, 0.3) is 0 Å². The monoisotopic (exact) mass is 279 g/mol. The predicted molar refractivity (Wildman–Crippen MR) is 71.7 cm³/mol. The molecule has 2 nitrogen and oxygen atoms in total. The standard InChI is InChI=1S/C11H15Cl2NOS/c1-14-8(7-15)4-5-16-9-2-3-10(12)11(13)6-9/h2-3,6,8,14-15H,4-5,7H2,1H3. The first-order valence-corrected chi connectivity index (χ1v) is 6.77. The second-order valence-corrected chi connectivity index (χ2v) is 5.36. The van der Waals surface area contributed by atoms with Crippen LogP contribution < -0.4 is 5.32 Å². The Morgan fingerprint density at radius 3 is 2.69 bits per heavy atom. The van der Waals surface area contributed by atoms with Crippen LogP contribution in [0.5, 0.6) is 0 Å². The number of thioether (sulfide) groups is 1. The van der Waals surface area contributed by atoms with Gasteiger partial charge in [0.15, 0.2) is 0 Å². The first-order valence-electron chi connectivity index (χ1n) is 5.03. The Labute approximate surface area is 110 Å². The van der Waals surface area contributed by atoms with Crippen LogP contribution in [0.15, 0.2) is 23.1 Å². The van der Waals surface area contributed by atoms with E-state index in [0.717, 1.165) is 17.1 Å². The third-order valence-electron chi connectivity index (χ3n) is 2.25. The summed E-state index contributed by atoms with van der Waals surface area (Å²) in [5.74, 6) is 0.935. The van der Waals surface area contributed by atoms with Gasteiger partial charge in [-0.3, -0.25) is 0 Å². The lowest BCUT2D eigenvalue weighted by Crippen LogP contribution is -2.29. The maximum Gasteiger partial charge on any atom is 0.0603 e. The summed E-state index contributed by atoms with van der Waals surface area (Å²) in [5, 5.41) is 13.2. The van der Waals surface area contributed by atoms with Crippen molar-refractivity contribution in [3.8, 4) is 0 Å². The predicted octanol–water partition coefficient (Wildman–Crippen LogP) is 3.06. The number of likely N-dealkylation sites (N-methyl/N-ethyl adjacent to an activating group) is 1. The Balaban J connectivity index is 2.40. The lowest BCUT2D eigenvalue weighted by molar-refractivity contribution is 0.246. The Bertz CT molecular complexity index is 332. The summed E-state index contributed by atoms with van der Waals surface area (Å²) in [7, 11) is 1.85. The highest BCUT2D eigenvalue weighted by Crippen LogP contribution is 2.28. The second-order valence-electron chi connectivity index (χ2n) is 3.38. The Morgan fingerprint density at radius 1 is 1.38 bits per heavy atom. The molecule has 90 valence electrons. The van der Waals surface area contributed by atoms with E-state index in [0.29, 0.717) is 10.0 Å². The van der Waals surface area contributed by atoms with Crippen molar-refractivity contribution in [2.45, 2.75) is 17.4 Å². The van der Waals surface area contributed by atoms with Gasteiger partial charge >= 0.3 is 0 Å². The summed E-state index contributed by atoms with van der Waals surface area (Å²) in [6.07, 6.45) is 0.915. The summed E-state index contributed by atoms with van der Waals surface area (Å²) in [6.45, 7) is 0.165. The largest absolute Gasteiger partial charge is 0.395 e. The van der Waals surface area contributed by atoms with E-state index in [1.165, 1.54) is 0 Å². The van der Waals surface area contributed by atoms with Gasteiger partial charge in [0.1, 0.15) is 0 Å². The average Bonchev–Trinajstić information content (AvgIpc) is 2.29. The molecule has 0 bridgehead atoms. The number of halogens is 2. The molecule has 0 saturated heterocycles. The lowest BCUT2D eigenvalue weighted by atomic mass is 10.2. The third-order valence-corrected chi connectivity index (χ3v) is 4.02. The minimum absolute atomic E-state index is 0.162. The van der Waals surface area contributed by atoms with Crippen LogP contribution in [0.25, 0.3) is 0 Å². The van der Waals surface area contributed by atoms with E-state index in [4.69, 9.17) is 28.3 Å². The highest BCUT2D eigenvalue weighted by atomic mass is 35.5. The zero-order valence-electron chi connectivity index (χ0n) is 9.04. The normalized spacial score (nSPS) is 12.8. The van der Waals surface area contributed by atoms with Crippen molar-refractivity contribution in [2.75, 3.05) is 19.4 Å². The molecule has 0 amide bonds. The van der Waals surface area contributed by atoms with Gasteiger partial charge in [0.2, 0.25) is 0 Å². The van der Waals surface area contributed by atoms with Crippen molar-refractivity contribution in [1.82, 2.24) is 5.32 Å². The maximum atomic E-state index is 8.99. The van der Waals surface area contributed by atoms with Crippen molar-refractivity contribution >= 4 is 35.0 Å². The molecule has 16 heavy (non-hydrogen) atoms. The van der Waals surface area contributed by atoms with Crippen molar-refractivity contribution in [3.63, 3.8) is 0 Å². The molecule has 0 radical (unpaired) electrons. The highest BCUT2D eigenvalue weighted by Gasteiger charge is 2.05. The van der Waals surface area contributed by atoms with Gasteiger partial charge in [0.05, 0.1) is 16.7 Å². The van der Waals surface area contributed by atoms with E-state index in [1.807, 2.05) is 19.2 Å². The number of benzene rings is 1. The van der Waals surface area contributed by atoms with Crippen molar-refractivity contribution in [3.05, 3.63) is 28.2 Å².